The quantitative estimate of drug-likeness (QED) is 0.508. The molecule has 0 aliphatic rings. The molecule has 28 heavy (non-hydrogen) atoms. The average molecular weight is 396 g/mol. The number of rotatable bonds is 6. The molecule has 4 rings (SSSR count). The zero-order valence-electron chi connectivity index (χ0n) is 14.5. The lowest BCUT2D eigenvalue weighted by Crippen LogP contribution is -2.22. The van der Waals surface area contributed by atoms with Crippen molar-refractivity contribution in [1.82, 2.24) is 15.5 Å². The molecule has 0 spiro atoms. The highest BCUT2D eigenvalue weighted by Gasteiger charge is 2.12. The molecule has 1 N–H and O–H groups in total. The third kappa shape index (κ3) is 4.21. The van der Waals surface area contributed by atoms with Crippen LogP contribution in [0.25, 0.3) is 11.4 Å². The van der Waals surface area contributed by atoms with E-state index < -0.39 is 0 Å². The third-order valence-corrected chi connectivity index (χ3v) is 4.03. The van der Waals surface area contributed by atoms with Crippen LogP contribution >= 0.6 is 11.6 Å². The first-order chi connectivity index (χ1) is 13.7. The molecule has 0 saturated heterocycles. The Bertz CT molecular complexity index is 1060. The number of carbonyl (C=O) groups excluding carboxylic acids is 1. The molecule has 2 aromatic heterocycles. The number of amides is 1. The standard InChI is InChI=1S/C20H14ClN3O4/c21-14-5-9-16(10-6-14)27-15-7-3-13(4-8-15)19-23-18(28-24-19)12-22-20(25)17-2-1-11-26-17/h1-11H,12H2,(H,22,25). The second-order valence-electron chi connectivity index (χ2n) is 5.75. The van der Waals surface area contributed by atoms with Crippen LogP contribution in [-0.4, -0.2) is 16.0 Å². The Kier molecular flexibility index (Phi) is 5.07. The topological polar surface area (TPSA) is 90.4 Å². The van der Waals surface area contributed by atoms with E-state index >= 15 is 0 Å². The Morgan fingerprint density at radius 2 is 1.75 bits per heavy atom. The summed E-state index contributed by atoms with van der Waals surface area (Å²) < 4.78 is 15.9. The van der Waals surface area contributed by atoms with Crippen LogP contribution in [0.1, 0.15) is 16.4 Å². The van der Waals surface area contributed by atoms with Gasteiger partial charge in [-0.15, -0.1) is 0 Å². The van der Waals surface area contributed by atoms with Crippen LogP contribution in [0.5, 0.6) is 11.5 Å². The van der Waals surface area contributed by atoms with Gasteiger partial charge in [-0.3, -0.25) is 4.79 Å². The van der Waals surface area contributed by atoms with Crippen molar-refractivity contribution in [3.05, 3.63) is 83.6 Å². The van der Waals surface area contributed by atoms with E-state index in [-0.39, 0.29) is 24.1 Å². The highest BCUT2D eigenvalue weighted by molar-refractivity contribution is 6.30. The van der Waals surface area contributed by atoms with E-state index in [1.165, 1.54) is 6.26 Å². The van der Waals surface area contributed by atoms with Crippen molar-refractivity contribution in [2.24, 2.45) is 0 Å². The molecule has 7 nitrogen and oxygen atoms in total. The van der Waals surface area contributed by atoms with E-state index in [0.717, 1.165) is 5.56 Å². The molecular formula is C20H14ClN3O4. The van der Waals surface area contributed by atoms with E-state index in [1.807, 2.05) is 12.1 Å². The van der Waals surface area contributed by atoms with E-state index in [9.17, 15) is 4.79 Å². The van der Waals surface area contributed by atoms with Crippen LogP contribution in [0.4, 0.5) is 0 Å². The van der Waals surface area contributed by atoms with Crippen molar-refractivity contribution in [3.8, 4) is 22.9 Å². The number of aromatic nitrogens is 2. The van der Waals surface area contributed by atoms with Crippen LogP contribution in [-0.2, 0) is 6.54 Å². The highest BCUT2D eigenvalue weighted by Crippen LogP contribution is 2.25. The maximum atomic E-state index is 11.8. The number of hydrogen-bond acceptors (Lipinski definition) is 6. The summed E-state index contributed by atoms with van der Waals surface area (Å²) in [4.78, 5) is 16.1. The van der Waals surface area contributed by atoms with Gasteiger partial charge < -0.3 is 19.0 Å². The van der Waals surface area contributed by atoms with Gasteiger partial charge in [-0.2, -0.15) is 4.98 Å². The second kappa shape index (κ2) is 7.98. The first kappa shape index (κ1) is 17.8. The summed E-state index contributed by atoms with van der Waals surface area (Å²) in [5, 5.41) is 7.23. The summed E-state index contributed by atoms with van der Waals surface area (Å²) in [7, 11) is 0. The molecule has 2 aromatic carbocycles. The Balaban J connectivity index is 1.38. The zero-order valence-corrected chi connectivity index (χ0v) is 15.2. The Hall–Kier alpha value is -3.58. The summed E-state index contributed by atoms with van der Waals surface area (Å²) in [5.41, 5.74) is 0.760. The minimum Gasteiger partial charge on any atom is -0.459 e. The number of halogens is 1. The van der Waals surface area contributed by atoms with Gasteiger partial charge in [0.25, 0.3) is 5.91 Å². The first-order valence-corrected chi connectivity index (χ1v) is 8.73. The molecule has 2 heterocycles. The first-order valence-electron chi connectivity index (χ1n) is 8.35. The van der Waals surface area contributed by atoms with Gasteiger partial charge in [-0.25, -0.2) is 0 Å². The normalized spacial score (nSPS) is 10.6. The lowest BCUT2D eigenvalue weighted by atomic mass is 10.2. The SMILES string of the molecule is O=C(NCc1nc(-c2ccc(Oc3ccc(Cl)cc3)cc2)no1)c1ccco1. The van der Waals surface area contributed by atoms with Crippen molar-refractivity contribution in [2.45, 2.75) is 6.54 Å². The molecule has 0 atom stereocenters. The summed E-state index contributed by atoms with van der Waals surface area (Å²) in [6, 6.07) is 17.6. The minimum atomic E-state index is -0.353. The second-order valence-corrected chi connectivity index (χ2v) is 6.19. The monoisotopic (exact) mass is 395 g/mol. The maximum absolute atomic E-state index is 11.8. The predicted molar refractivity (Wildman–Crippen MR) is 101 cm³/mol. The molecule has 0 aliphatic carbocycles. The van der Waals surface area contributed by atoms with Crippen molar-refractivity contribution < 1.29 is 18.5 Å². The van der Waals surface area contributed by atoms with Gasteiger partial charge in [0, 0.05) is 10.6 Å². The van der Waals surface area contributed by atoms with Gasteiger partial charge in [-0.05, 0) is 60.7 Å². The van der Waals surface area contributed by atoms with E-state index in [0.29, 0.717) is 22.3 Å². The fourth-order valence-electron chi connectivity index (χ4n) is 2.41. The molecule has 1 amide bonds. The van der Waals surface area contributed by atoms with Gasteiger partial charge in [0.2, 0.25) is 11.7 Å². The number of hydrogen-bond donors (Lipinski definition) is 1. The minimum absolute atomic E-state index is 0.101. The number of nitrogens with one attached hydrogen (secondary N) is 1. The summed E-state index contributed by atoms with van der Waals surface area (Å²) in [6.07, 6.45) is 1.43. The highest BCUT2D eigenvalue weighted by atomic mass is 35.5. The third-order valence-electron chi connectivity index (χ3n) is 3.78. The fraction of sp³-hybridized carbons (Fsp3) is 0.0500. The van der Waals surface area contributed by atoms with Crippen molar-refractivity contribution >= 4 is 17.5 Å². The summed E-state index contributed by atoms with van der Waals surface area (Å²) in [6.45, 7) is 0.101. The smallest absolute Gasteiger partial charge is 0.287 e. The number of carbonyl (C=O) groups is 1. The molecule has 0 saturated carbocycles. The Morgan fingerprint density at radius 1 is 1.04 bits per heavy atom. The van der Waals surface area contributed by atoms with Crippen molar-refractivity contribution in [1.29, 1.82) is 0 Å². The van der Waals surface area contributed by atoms with Gasteiger partial charge >= 0.3 is 0 Å². The maximum Gasteiger partial charge on any atom is 0.287 e. The Morgan fingerprint density at radius 3 is 2.43 bits per heavy atom. The van der Waals surface area contributed by atoms with Crippen molar-refractivity contribution in [3.63, 3.8) is 0 Å². The molecule has 4 aromatic rings. The molecule has 0 aliphatic heterocycles. The number of benzene rings is 2. The largest absolute Gasteiger partial charge is 0.459 e. The number of ether oxygens (including phenoxy) is 1. The lowest BCUT2D eigenvalue weighted by molar-refractivity contribution is 0.0918. The van der Waals surface area contributed by atoms with Crippen LogP contribution in [0, 0.1) is 0 Å². The van der Waals surface area contributed by atoms with E-state index in [1.54, 1.807) is 48.5 Å². The Labute approximate surface area is 164 Å². The van der Waals surface area contributed by atoms with E-state index in [2.05, 4.69) is 15.5 Å². The molecule has 0 bridgehead atoms. The zero-order chi connectivity index (χ0) is 19.3. The van der Waals surface area contributed by atoms with Gasteiger partial charge in [0.15, 0.2) is 5.76 Å². The number of nitrogens with zero attached hydrogens (tertiary/aromatic N) is 2. The molecule has 0 fully saturated rings. The van der Waals surface area contributed by atoms with E-state index in [4.69, 9.17) is 25.3 Å². The molecule has 0 radical (unpaired) electrons. The fourth-order valence-corrected chi connectivity index (χ4v) is 2.53. The van der Waals surface area contributed by atoms with Gasteiger partial charge in [0.05, 0.1) is 12.8 Å². The van der Waals surface area contributed by atoms with Crippen LogP contribution in [0.3, 0.4) is 0 Å². The molecule has 8 heteroatoms. The van der Waals surface area contributed by atoms with Crippen LogP contribution < -0.4 is 10.1 Å². The van der Waals surface area contributed by atoms with Crippen LogP contribution in [0.15, 0.2) is 75.9 Å². The molecule has 0 unspecified atom stereocenters. The average Bonchev–Trinajstić information content (AvgIpc) is 3.41. The van der Waals surface area contributed by atoms with Gasteiger partial charge in [0.1, 0.15) is 11.5 Å². The lowest BCUT2D eigenvalue weighted by Gasteiger charge is -2.05. The summed E-state index contributed by atoms with van der Waals surface area (Å²) in [5.74, 6) is 1.92. The number of furan rings is 1. The summed E-state index contributed by atoms with van der Waals surface area (Å²) >= 11 is 5.86. The van der Waals surface area contributed by atoms with Crippen LogP contribution in [0.2, 0.25) is 5.02 Å². The molecule has 140 valence electrons. The van der Waals surface area contributed by atoms with Crippen molar-refractivity contribution in [2.75, 3.05) is 0 Å². The predicted octanol–water partition coefficient (Wildman–Crippen LogP) is 4.71. The van der Waals surface area contributed by atoms with Gasteiger partial charge in [-0.1, -0.05) is 16.8 Å². The molecular weight excluding hydrogens is 382 g/mol.